The fourth-order valence-electron chi connectivity index (χ4n) is 2.41. The number of ether oxygens (including phenoxy) is 3. The van der Waals surface area contributed by atoms with Gasteiger partial charge in [-0.25, -0.2) is 13.2 Å². The molecule has 140 valence electrons. The van der Waals surface area contributed by atoms with E-state index in [0.717, 1.165) is 16.3 Å². The third kappa shape index (κ3) is 3.62. The largest absolute Gasteiger partial charge is 0.743 e. The van der Waals surface area contributed by atoms with Crippen molar-refractivity contribution in [2.45, 2.75) is 11.4 Å². The molecule has 2 aromatic rings. The summed E-state index contributed by atoms with van der Waals surface area (Å²) in [5.74, 6) is -1.99. The van der Waals surface area contributed by atoms with Gasteiger partial charge in [-0.1, -0.05) is 30.3 Å². The maximum absolute atomic E-state index is 13.0. The van der Waals surface area contributed by atoms with Gasteiger partial charge in [-0.2, -0.15) is 8.78 Å². The third-order valence-corrected chi connectivity index (χ3v) is 4.52. The topological polar surface area (TPSA) is 105 Å². The number of rotatable bonds is 7. The predicted molar refractivity (Wildman–Crippen MR) is 83.7 cm³/mol. The molecule has 2 aromatic carbocycles. The first kappa shape index (κ1) is 18.5. The van der Waals surface area contributed by atoms with E-state index in [4.69, 9.17) is 9.47 Å². The second-order valence-corrected chi connectivity index (χ2v) is 6.90. The van der Waals surface area contributed by atoms with Crippen molar-refractivity contribution in [1.29, 1.82) is 0 Å². The third-order valence-electron chi connectivity index (χ3n) is 3.72. The maximum Gasteiger partial charge on any atom is 0.428 e. The molecule has 0 bridgehead atoms. The van der Waals surface area contributed by atoms with Crippen molar-refractivity contribution in [3.05, 3.63) is 42.0 Å². The van der Waals surface area contributed by atoms with E-state index < -0.39 is 27.9 Å². The molecule has 1 aliphatic heterocycles. The first-order chi connectivity index (χ1) is 12.2. The maximum atomic E-state index is 13.0. The van der Waals surface area contributed by atoms with E-state index >= 15 is 0 Å². The lowest BCUT2D eigenvalue weighted by Gasteiger charge is -2.18. The zero-order valence-corrected chi connectivity index (χ0v) is 14.0. The Labute approximate surface area is 147 Å². The molecule has 26 heavy (non-hydrogen) atoms. The van der Waals surface area contributed by atoms with Crippen LogP contribution in [0.25, 0.3) is 10.8 Å². The molecule has 10 heteroatoms. The highest BCUT2D eigenvalue weighted by Gasteiger charge is 2.48. The van der Waals surface area contributed by atoms with Crippen molar-refractivity contribution in [2.75, 3.05) is 19.8 Å². The summed E-state index contributed by atoms with van der Waals surface area (Å²) in [6, 6.07) is 10.8. The lowest BCUT2D eigenvalue weighted by molar-refractivity contribution is -0.162. The summed E-state index contributed by atoms with van der Waals surface area (Å²) >= 11 is 0. The van der Waals surface area contributed by atoms with E-state index in [2.05, 4.69) is 4.74 Å². The summed E-state index contributed by atoms with van der Waals surface area (Å²) in [4.78, 5) is 11.0. The van der Waals surface area contributed by atoms with Crippen molar-refractivity contribution < 1.29 is 40.8 Å². The number of halogens is 2. The number of fused-ring (bicyclic) bond motifs is 1. The van der Waals surface area contributed by atoms with Gasteiger partial charge in [-0.15, -0.1) is 0 Å². The van der Waals surface area contributed by atoms with Crippen LogP contribution in [-0.4, -0.2) is 44.0 Å². The monoisotopic (exact) mass is 387 g/mol. The number of carbonyl (C=O) groups is 1. The highest BCUT2D eigenvalue weighted by molar-refractivity contribution is 7.87. The van der Waals surface area contributed by atoms with Crippen molar-refractivity contribution in [1.82, 2.24) is 0 Å². The number of hydrogen-bond acceptors (Lipinski definition) is 7. The van der Waals surface area contributed by atoms with E-state index in [0.29, 0.717) is 12.4 Å². The molecule has 0 aromatic heterocycles. The van der Waals surface area contributed by atoms with Crippen molar-refractivity contribution in [2.24, 2.45) is 0 Å². The Morgan fingerprint density at radius 3 is 2.50 bits per heavy atom. The van der Waals surface area contributed by atoms with Crippen LogP contribution in [0.5, 0.6) is 5.75 Å². The van der Waals surface area contributed by atoms with Crippen molar-refractivity contribution in [3.63, 3.8) is 0 Å². The van der Waals surface area contributed by atoms with Crippen LogP contribution in [0.2, 0.25) is 0 Å². The lowest BCUT2D eigenvalue weighted by Crippen LogP contribution is -2.39. The van der Waals surface area contributed by atoms with E-state index in [9.17, 15) is 26.5 Å². The minimum Gasteiger partial charge on any atom is -0.743 e. The van der Waals surface area contributed by atoms with Crippen LogP contribution in [-0.2, 0) is 24.4 Å². The zero-order chi connectivity index (χ0) is 18.9. The van der Waals surface area contributed by atoms with Gasteiger partial charge in [0.05, 0.1) is 6.61 Å². The highest BCUT2D eigenvalue weighted by Crippen LogP contribution is 2.37. The average Bonchev–Trinajstić information content (AvgIpc) is 3.42. The van der Waals surface area contributed by atoms with Gasteiger partial charge in [0.2, 0.25) is 0 Å². The Morgan fingerprint density at radius 2 is 1.85 bits per heavy atom. The Kier molecular flexibility index (Phi) is 4.82. The van der Waals surface area contributed by atoms with Crippen LogP contribution in [0.3, 0.4) is 0 Å². The Hall–Kier alpha value is -2.30. The Morgan fingerprint density at radius 1 is 1.19 bits per heavy atom. The van der Waals surface area contributed by atoms with Crippen molar-refractivity contribution in [3.8, 4) is 5.75 Å². The number of esters is 1. The predicted octanol–water partition coefficient (Wildman–Crippen LogP) is 1.97. The first-order valence-electron chi connectivity index (χ1n) is 7.48. The van der Waals surface area contributed by atoms with Gasteiger partial charge in [0, 0.05) is 5.39 Å². The molecule has 1 saturated heterocycles. The summed E-state index contributed by atoms with van der Waals surface area (Å²) in [6.45, 7) is -0.313. The smallest absolute Gasteiger partial charge is 0.428 e. The molecule has 0 N–H and O–H groups in total. The van der Waals surface area contributed by atoms with Crippen LogP contribution in [0, 0.1) is 0 Å². The Bertz CT molecular complexity index is 939. The Balaban J connectivity index is 1.64. The number of carbonyl (C=O) groups excluding carboxylic acids is 1. The van der Waals surface area contributed by atoms with Gasteiger partial charge in [0.1, 0.15) is 25.1 Å². The van der Waals surface area contributed by atoms with Crippen LogP contribution in [0.1, 0.15) is 11.7 Å². The normalized spacial score (nSPS) is 17.1. The first-order valence-corrected chi connectivity index (χ1v) is 8.89. The van der Waals surface area contributed by atoms with E-state index in [1.165, 1.54) is 0 Å². The molecule has 0 aliphatic carbocycles. The number of benzene rings is 2. The minimum atomic E-state index is -6.14. The molecule has 7 nitrogen and oxygen atoms in total. The summed E-state index contributed by atoms with van der Waals surface area (Å²) in [5.41, 5.74) is 1.000. The van der Waals surface area contributed by atoms with Crippen LogP contribution in [0.4, 0.5) is 8.78 Å². The highest BCUT2D eigenvalue weighted by atomic mass is 32.2. The van der Waals surface area contributed by atoms with Gasteiger partial charge >= 0.3 is 11.2 Å². The van der Waals surface area contributed by atoms with E-state index in [1.807, 2.05) is 18.2 Å². The lowest BCUT2D eigenvalue weighted by atomic mass is 10.0. The summed E-state index contributed by atoms with van der Waals surface area (Å²) in [5, 5.41) is -3.46. The fourth-order valence-corrected chi connectivity index (χ4v) is 2.67. The van der Waals surface area contributed by atoms with Crippen LogP contribution in [0.15, 0.2) is 36.4 Å². The summed E-state index contributed by atoms with van der Waals surface area (Å²) < 4.78 is 71.8. The zero-order valence-electron chi connectivity index (χ0n) is 13.2. The van der Waals surface area contributed by atoms with Crippen LogP contribution >= 0.6 is 0 Å². The number of alkyl halides is 2. The number of hydrogen-bond donors (Lipinski definition) is 0. The van der Waals surface area contributed by atoms with E-state index in [-0.39, 0.29) is 12.7 Å². The van der Waals surface area contributed by atoms with Gasteiger partial charge in [0.25, 0.3) is 0 Å². The second-order valence-electron chi connectivity index (χ2n) is 5.48. The van der Waals surface area contributed by atoms with Crippen LogP contribution < -0.4 is 4.74 Å². The summed E-state index contributed by atoms with van der Waals surface area (Å²) in [7, 11) is -6.14. The quantitative estimate of drug-likeness (QED) is 0.309. The molecule has 0 amide bonds. The standard InChI is InChI=1S/C16H14F2O7S/c17-16(18,26(20,21)22)15(19)24-8-7-23-13-6-2-3-10-11(13)4-1-5-12(10)14-9-25-14/h1-6,14H,7-9H2,(H,20,21,22)/p-1. The van der Waals surface area contributed by atoms with Gasteiger partial charge in [-0.3, -0.25) is 0 Å². The molecule has 0 radical (unpaired) electrons. The molecule has 1 heterocycles. The molecular weight excluding hydrogens is 374 g/mol. The molecule has 3 rings (SSSR count). The molecule has 0 saturated carbocycles. The minimum absolute atomic E-state index is 0.0335. The summed E-state index contributed by atoms with van der Waals surface area (Å²) in [6.07, 6.45) is 0.0335. The number of epoxide rings is 1. The van der Waals surface area contributed by atoms with Crippen molar-refractivity contribution >= 4 is 26.9 Å². The van der Waals surface area contributed by atoms with Gasteiger partial charge < -0.3 is 18.8 Å². The molecule has 1 atom stereocenters. The molecular formula is C16H13F2O7S-. The molecule has 1 unspecified atom stereocenters. The fraction of sp³-hybridized carbons (Fsp3) is 0.312. The molecule has 1 aliphatic rings. The SMILES string of the molecule is O=C(OCCOc1cccc2c(C3CO3)cccc12)C(F)(F)S(=O)(=O)[O-]. The van der Waals surface area contributed by atoms with E-state index in [1.54, 1.807) is 18.2 Å². The average molecular weight is 387 g/mol. The second kappa shape index (κ2) is 6.78. The van der Waals surface area contributed by atoms with Gasteiger partial charge in [-0.05, 0) is 17.0 Å². The molecule has 0 spiro atoms. The van der Waals surface area contributed by atoms with Gasteiger partial charge in [0.15, 0.2) is 10.1 Å². The molecule has 1 fully saturated rings.